The van der Waals surface area contributed by atoms with E-state index in [1.165, 1.54) is 30.6 Å². The quantitative estimate of drug-likeness (QED) is 0.317. The summed E-state index contributed by atoms with van der Waals surface area (Å²) in [6, 6.07) is 12.1. The van der Waals surface area contributed by atoms with Crippen LogP contribution in [0.2, 0.25) is 0 Å². The van der Waals surface area contributed by atoms with Crippen LogP contribution in [0.4, 0.5) is 18.9 Å². The molecule has 1 N–H and O–H groups in total. The fraction of sp³-hybridized carbons (Fsp3) is 0.0400. The van der Waals surface area contributed by atoms with Crippen molar-refractivity contribution in [3.63, 3.8) is 0 Å². The highest BCUT2D eigenvalue weighted by Gasteiger charge is 2.30. The number of nitrogens with zero attached hydrogens (tertiary/aromatic N) is 3. The number of rotatable bonds is 5. The average molecular weight is 446 g/mol. The minimum atomic E-state index is -4.42. The molecule has 4 rings (SSSR count). The van der Waals surface area contributed by atoms with E-state index in [4.69, 9.17) is 0 Å². The molecule has 0 radical (unpaired) electrons. The Morgan fingerprint density at radius 1 is 0.879 bits per heavy atom. The summed E-state index contributed by atoms with van der Waals surface area (Å²) in [5, 5.41) is 4.58. The van der Waals surface area contributed by atoms with Crippen molar-refractivity contribution in [2.45, 2.75) is 6.18 Å². The second-order valence-electron chi connectivity index (χ2n) is 7.03. The summed E-state index contributed by atoms with van der Waals surface area (Å²) < 4.78 is 38.8. The average Bonchev–Trinajstić information content (AvgIpc) is 2.82. The van der Waals surface area contributed by atoms with Crippen molar-refractivity contribution >= 4 is 27.9 Å². The molecule has 0 aliphatic heterocycles. The lowest BCUT2D eigenvalue weighted by molar-refractivity contribution is -0.137. The number of fused-ring (bicyclic) bond motifs is 1. The monoisotopic (exact) mass is 446 g/mol. The molecular weight excluding hydrogens is 429 g/mol. The highest BCUT2D eigenvalue weighted by Crippen LogP contribution is 2.31. The largest absolute Gasteiger partial charge is 0.416 e. The normalized spacial score (nSPS) is 12.3. The van der Waals surface area contributed by atoms with Crippen molar-refractivity contribution in [3.8, 4) is 0 Å². The molecule has 0 bridgehead atoms. The molecule has 0 spiro atoms. The van der Waals surface area contributed by atoms with Gasteiger partial charge in [0.25, 0.3) is 0 Å². The Morgan fingerprint density at radius 3 is 2.36 bits per heavy atom. The van der Waals surface area contributed by atoms with Crippen LogP contribution in [0.5, 0.6) is 0 Å². The molecule has 1 amide bonds. The Labute approximate surface area is 187 Å². The maximum Gasteiger partial charge on any atom is 0.416 e. The van der Waals surface area contributed by atoms with Gasteiger partial charge in [0, 0.05) is 52.9 Å². The Hall–Kier alpha value is -4.33. The number of pyridine rings is 1. The zero-order valence-corrected chi connectivity index (χ0v) is 17.1. The van der Waals surface area contributed by atoms with Gasteiger partial charge < -0.3 is 5.32 Å². The number of alkyl halides is 3. The van der Waals surface area contributed by atoms with Gasteiger partial charge in [0.2, 0.25) is 5.91 Å². The van der Waals surface area contributed by atoms with Gasteiger partial charge in [-0.1, -0.05) is 36.4 Å². The standard InChI is InChI=1S/C25H17F3N4O/c26-25(27,28)20-9-7-17(8-10-20)21(19-14-30-16-31-15-19)4-2-6-24(33)32-23-5-1-3-18-13-29-12-11-22(18)23/h1-16H,(H,32,33). The minimum absolute atomic E-state index is 0.355. The van der Waals surface area contributed by atoms with Crippen LogP contribution in [0.1, 0.15) is 16.7 Å². The van der Waals surface area contributed by atoms with Gasteiger partial charge in [-0.25, -0.2) is 9.97 Å². The molecule has 0 saturated carbocycles. The van der Waals surface area contributed by atoms with Crippen molar-refractivity contribution in [2.24, 2.45) is 0 Å². The molecule has 8 heteroatoms. The number of carbonyl (C=O) groups is 1. The predicted octanol–water partition coefficient (Wildman–Crippen LogP) is 5.67. The van der Waals surface area contributed by atoms with E-state index >= 15 is 0 Å². The number of aromatic nitrogens is 3. The summed E-state index contributed by atoms with van der Waals surface area (Å²) in [6.07, 6.45) is 7.90. The van der Waals surface area contributed by atoms with Crippen LogP contribution >= 0.6 is 0 Å². The molecule has 164 valence electrons. The van der Waals surface area contributed by atoms with Crippen LogP contribution in [0.3, 0.4) is 0 Å². The van der Waals surface area contributed by atoms with Gasteiger partial charge in [-0.15, -0.1) is 0 Å². The molecule has 2 heterocycles. The number of nitrogens with one attached hydrogen (secondary N) is 1. The van der Waals surface area contributed by atoms with E-state index in [2.05, 4.69) is 20.3 Å². The summed E-state index contributed by atoms with van der Waals surface area (Å²) in [6.45, 7) is 0. The van der Waals surface area contributed by atoms with Gasteiger partial charge >= 0.3 is 6.18 Å². The van der Waals surface area contributed by atoms with E-state index in [9.17, 15) is 18.0 Å². The van der Waals surface area contributed by atoms with Crippen LogP contribution in [-0.4, -0.2) is 20.9 Å². The van der Waals surface area contributed by atoms with Crippen LogP contribution in [0, 0.1) is 0 Å². The molecule has 2 aromatic heterocycles. The molecule has 0 aliphatic rings. The Kier molecular flexibility index (Phi) is 6.26. The second-order valence-corrected chi connectivity index (χ2v) is 7.03. The Bertz CT molecular complexity index is 1330. The summed E-state index contributed by atoms with van der Waals surface area (Å²) >= 11 is 0. The predicted molar refractivity (Wildman–Crippen MR) is 120 cm³/mol. The molecule has 0 unspecified atom stereocenters. The summed E-state index contributed by atoms with van der Waals surface area (Å²) in [5.41, 5.74) is 1.61. The fourth-order valence-corrected chi connectivity index (χ4v) is 3.27. The highest BCUT2D eigenvalue weighted by molar-refractivity contribution is 6.06. The molecule has 0 saturated heterocycles. The van der Waals surface area contributed by atoms with Crippen LogP contribution < -0.4 is 5.32 Å². The molecule has 0 fully saturated rings. The molecular formula is C25H17F3N4O. The first-order valence-corrected chi connectivity index (χ1v) is 9.87. The van der Waals surface area contributed by atoms with E-state index < -0.39 is 11.7 Å². The summed E-state index contributed by atoms with van der Waals surface area (Å²) in [5.74, 6) is -0.355. The second kappa shape index (κ2) is 9.44. The fourth-order valence-electron chi connectivity index (χ4n) is 3.27. The molecule has 5 nitrogen and oxygen atoms in total. The third-order valence-corrected chi connectivity index (χ3v) is 4.84. The van der Waals surface area contributed by atoms with Crippen molar-refractivity contribution < 1.29 is 18.0 Å². The first-order chi connectivity index (χ1) is 15.9. The lowest BCUT2D eigenvalue weighted by Crippen LogP contribution is -2.08. The smallest absolute Gasteiger partial charge is 0.322 e. The van der Waals surface area contributed by atoms with Gasteiger partial charge in [-0.05, 0) is 35.4 Å². The van der Waals surface area contributed by atoms with Crippen molar-refractivity contribution in [2.75, 3.05) is 5.32 Å². The maximum atomic E-state index is 12.9. The molecule has 4 aromatic rings. The number of allylic oxidation sites excluding steroid dienone is 2. The van der Waals surface area contributed by atoms with Gasteiger partial charge in [0.1, 0.15) is 6.33 Å². The van der Waals surface area contributed by atoms with E-state index in [1.54, 1.807) is 36.9 Å². The van der Waals surface area contributed by atoms with Gasteiger partial charge in [-0.3, -0.25) is 9.78 Å². The van der Waals surface area contributed by atoms with E-state index in [0.29, 0.717) is 22.4 Å². The lowest BCUT2D eigenvalue weighted by atomic mass is 9.98. The lowest BCUT2D eigenvalue weighted by Gasteiger charge is -2.10. The number of carbonyl (C=O) groups excluding carboxylic acids is 1. The maximum absolute atomic E-state index is 12.9. The first kappa shape index (κ1) is 21.9. The number of amides is 1. The molecule has 0 aliphatic carbocycles. The van der Waals surface area contributed by atoms with Gasteiger partial charge in [-0.2, -0.15) is 13.2 Å². The number of hydrogen-bond acceptors (Lipinski definition) is 4. The number of hydrogen-bond donors (Lipinski definition) is 1. The zero-order chi connectivity index (χ0) is 23.3. The Balaban J connectivity index is 1.59. The third kappa shape index (κ3) is 5.30. The van der Waals surface area contributed by atoms with Crippen LogP contribution in [0.15, 0.2) is 97.9 Å². The van der Waals surface area contributed by atoms with Gasteiger partial charge in [0.05, 0.1) is 5.56 Å². The SMILES string of the molecule is O=C(C=CC=C(c1ccc(C(F)(F)F)cc1)c1cncnc1)Nc1cccc2cnccc12. The third-order valence-electron chi connectivity index (χ3n) is 4.84. The van der Waals surface area contributed by atoms with Crippen LogP contribution in [0.25, 0.3) is 16.3 Å². The van der Waals surface area contributed by atoms with Crippen molar-refractivity contribution in [3.05, 3.63) is 115 Å². The number of anilines is 1. The molecule has 2 aromatic carbocycles. The van der Waals surface area contributed by atoms with Gasteiger partial charge in [0.15, 0.2) is 0 Å². The summed E-state index contributed by atoms with van der Waals surface area (Å²) in [7, 11) is 0. The van der Waals surface area contributed by atoms with E-state index in [0.717, 1.165) is 22.9 Å². The Morgan fingerprint density at radius 2 is 1.64 bits per heavy atom. The van der Waals surface area contributed by atoms with E-state index in [-0.39, 0.29) is 5.91 Å². The molecule has 33 heavy (non-hydrogen) atoms. The highest BCUT2D eigenvalue weighted by atomic mass is 19.4. The molecule has 0 atom stereocenters. The van der Waals surface area contributed by atoms with Crippen LogP contribution in [-0.2, 0) is 11.0 Å². The summed E-state index contributed by atoms with van der Waals surface area (Å²) in [4.78, 5) is 24.5. The first-order valence-electron chi connectivity index (χ1n) is 9.87. The topological polar surface area (TPSA) is 67.8 Å². The number of halogens is 3. The minimum Gasteiger partial charge on any atom is -0.322 e. The van der Waals surface area contributed by atoms with Crippen molar-refractivity contribution in [1.29, 1.82) is 0 Å². The zero-order valence-electron chi connectivity index (χ0n) is 17.1. The van der Waals surface area contributed by atoms with E-state index in [1.807, 2.05) is 18.2 Å². The number of benzene rings is 2. The van der Waals surface area contributed by atoms with Crippen molar-refractivity contribution in [1.82, 2.24) is 15.0 Å².